The third kappa shape index (κ3) is 6.25. The molecular weight excluding hydrogens is 354 g/mol. The average Bonchev–Trinajstić information content (AvgIpc) is 3.10. The molecule has 0 heterocycles. The van der Waals surface area contributed by atoms with Gasteiger partial charge in [-0.15, -0.1) is 11.8 Å². The van der Waals surface area contributed by atoms with E-state index in [1.54, 1.807) is 0 Å². The maximum absolute atomic E-state index is 12.6. The van der Waals surface area contributed by atoms with Gasteiger partial charge in [-0.2, -0.15) is 0 Å². The summed E-state index contributed by atoms with van der Waals surface area (Å²) in [5, 5.41) is 17.1. The Morgan fingerprint density at radius 2 is 1.77 bits per heavy atom. The summed E-state index contributed by atoms with van der Waals surface area (Å²) >= 11 is 1.25. The zero-order valence-electron chi connectivity index (χ0n) is 14.6. The summed E-state index contributed by atoms with van der Waals surface area (Å²) in [6.45, 7) is 0.780. The number of urea groups is 1. The number of hydrogen-bond acceptors (Lipinski definition) is 4. The van der Waals surface area contributed by atoms with E-state index in [-0.39, 0.29) is 17.7 Å². The molecule has 0 atom stereocenters. The molecule has 0 aliphatic heterocycles. The maximum atomic E-state index is 12.6. The zero-order valence-corrected chi connectivity index (χ0v) is 15.4. The molecule has 0 spiro atoms. The number of nitrogens with one attached hydrogen (secondary N) is 3. The lowest BCUT2D eigenvalue weighted by Gasteiger charge is -2.29. The van der Waals surface area contributed by atoms with Gasteiger partial charge >= 0.3 is 12.0 Å². The number of carbonyl (C=O) groups excluding carboxylic acids is 2. The van der Waals surface area contributed by atoms with E-state index in [1.165, 1.54) is 11.8 Å². The Bertz CT molecular complexity index is 618. The lowest BCUT2D eigenvalue weighted by molar-refractivity contribution is -0.134. The van der Waals surface area contributed by atoms with Crippen LogP contribution in [0.3, 0.4) is 0 Å². The first-order valence-corrected chi connectivity index (χ1v) is 9.85. The van der Waals surface area contributed by atoms with Gasteiger partial charge in [-0.05, 0) is 18.4 Å². The molecule has 7 nitrogen and oxygen atoms in total. The zero-order chi connectivity index (χ0) is 18.8. The van der Waals surface area contributed by atoms with Crippen LogP contribution in [0.15, 0.2) is 30.3 Å². The molecule has 3 amide bonds. The molecule has 1 aliphatic carbocycles. The number of carboxylic acid groups (broad SMARTS) is 1. The minimum absolute atomic E-state index is 0.0150. The van der Waals surface area contributed by atoms with Crippen LogP contribution < -0.4 is 16.0 Å². The fraction of sp³-hybridized carbons (Fsp3) is 0.500. The second-order valence-corrected chi connectivity index (χ2v) is 7.39. The summed E-state index contributed by atoms with van der Waals surface area (Å²) in [6.07, 6.45) is 3.00. The van der Waals surface area contributed by atoms with Crippen LogP contribution in [0, 0.1) is 0 Å². The molecule has 0 saturated heterocycles. The van der Waals surface area contributed by atoms with Crippen molar-refractivity contribution in [1.29, 1.82) is 0 Å². The van der Waals surface area contributed by atoms with Crippen LogP contribution in [-0.2, 0) is 16.1 Å². The van der Waals surface area contributed by atoms with Gasteiger partial charge in [0.2, 0.25) is 5.91 Å². The molecule has 142 valence electrons. The van der Waals surface area contributed by atoms with E-state index in [0.29, 0.717) is 31.7 Å². The quantitative estimate of drug-likeness (QED) is 0.489. The average molecular weight is 379 g/mol. The first-order valence-electron chi connectivity index (χ1n) is 8.70. The molecule has 0 unspecified atom stereocenters. The highest BCUT2D eigenvalue weighted by Gasteiger charge is 2.42. The number of amides is 3. The third-order valence-electron chi connectivity index (χ3n) is 4.30. The fourth-order valence-electron chi connectivity index (χ4n) is 2.99. The van der Waals surface area contributed by atoms with Crippen molar-refractivity contribution in [2.45, 2.75) is 37.8 Å². The van der Waals surface area contributed by atoms with Crippen LogP contribution in [0.25, 0.3) is 0 Å². The minimum atomic E-state index is -0.877. The summed E-state index contributed by atoms with van der Waals surface area (Å²) in [6, 6.07) is 9.22. The first kappa shape index (κ1) is 20.1. The Labute approximate surface area is 157 Å². The second kappa shape index (κ2) is 10.1. The van der Waals surface area contributed by atoms with E-state index in [4.69, 9.17) is 5.11 Å². The molecule has 1 aromatic rings. The first-order chi connectivity index (χ1) is 12.5. The Hall–Kier alpha value is -2.22. The Kier molecular flexibility index (Phi) is 7.77. The Morgan fingerprint density at radius 3 is 2.42 bits per heavy atom. The standard InChI is InChI=1S/C18H25N3O4S/c22-15(23)13-26-11-10-19-16(24)18(8-4-5-9-18)21-17(25)20-12-14-6-2-1-3-7-14/h1-3,6-7H,4-5,8-13H2,(H,19,24)(H,22,23)(H2,20,21,25). The number of carbonyl (C=O) groups is 3. The molecule has 1 aromatic carbocycles. The van der Waals surface area contributed by atoms with Crippen molar-refractivity contribution in [3.05, 3.63) is 35.9 Å². The second-order valence-electron chi connectivity index (χ2n) is 6.28. The van der Waals surface area contributed by atoms with Gasteiger partial charge in [-0.1, -0.05) is 43.2 Å². The molecule has 0 aromatic heterocycles. The van der Waals surface area contributed by atoms with Crippen molar-refractivity contribution in [3.8, 4) is 0 Å². The van der Waals surface area contributed by atoms with Gasteiger partial charge in [-0.3, -0.25) is 9.59 Å². The number of rotatable bonds is 9. The minimum Gasteiger partial charge on any atom is -0.481 e. The summed E-state index contributed by atoms with van der Waals surface area (Å²) in [5.74, 6) is -0.527. The number of thioether (sulfide) groups is 1. The van der Waals surface area contributed by atoms with Crippen LogP contribution in [0.4, 0.5) is 4.79 Å². The van der Waals surface area contributed by atoms with Gasteiger partial charge in [0, 0.05) is 18.8 Å². The fourth-order valence-corrected chi connectivity index (χ4v) is 3.56. The SMILES string of the molecule is O=C(O)CSCCNC(=O)C1(NC(=O)NCc2ccccc2)CCCC1. The van der Waals surface area contributed by atoms with Crippen molar-refractivity contribution in [2.24, 2.45) is 0 Å². The van der Waals surface area contributed by atoms with Crippen molar-refractivity contribution >= 4 is 29.7 Å². The van der Waals surface area contributed by atoms with Crippen LogP contribution in [-0.4, -0.2) is 46.6 Å². The van der Waals surface area contributed by atoms with Crippen molar-refractivity contribution in [1.82, 2.24) is 16.0 Å². The Balaban J connectivity index is 1.80. The van der Waals surface area contributed by atoms with Crippen LogP contribution in [0.5, 0.6) is 0 Å². The Morgan fingerprint density at radius 1 is 1.08 bits per heavy atom. The molecule has 1 aliphatic rings. The monoisotopic (exact) mass is 379 g/mol. The summed E-state index contributed by atoms with van der Waals surface area (Å²) in [4.78, 5) is 35.3. The van der Waals surface area contributed by atoms with E-state index >= 15 is 0 Å². The van der Waals surface area contributed by atoms with Crippen LogP contribution in [0.1, 0.15) is 31.2 Å². The lowest BCUT2D eigenvalue weighted by atomic mass is 9.96. The highest BCUT2D eigenvalue weighted by atomic mass is 32.2. The van der Waals surface area contributed by atoms with Crippen LogP contribution in [0.2, 0.25) is 0 Å². The number of aliphatic carboxylic acids is 1. The summed E-state index contributed by atoms with van der Waals surface area (Å²) in [7, 11) is 0. The van der Waals surface area contributed by atoms with Crippen molar-refractivity contribution in [2.75, 3.05) is 18.1 Å². The topological polar surface area (TPSA) is 108 Å². The molecule has 2 rings (SSSR count). The van der Waals surface area contributed by atoms with Gasteiger partial charge in [-0.25, -0.2) is 4.79 Å². The van der Waals surface area contributed by atoms with Crippen molar-refractivity contribution < 1.29 is 19.5 Å². The molecular formula is C18H25N3O4S. The molecule has 26 heavy (non-hydrogen) atoms. The van der Waals surface area contributed by atoms with E-state index in [2.05, 4.69) is 16.0 Å². The van der Waals surface area contributed by atoms with Gasteiger partial charge in [0.15, 0.2) is 0 Å². The van der Waals surface area contributed by atoms with Crippen molar-refractivity contribution in [3.63, 3.8) is 0 Å². The van der Waals surface area contributed by atoms with E-state index < -0.39 is 11.5 Å². The normalized spacial score (nSPS) is 15.2. The van der Waals surface area contributed by atoms with Gasteiger partial charge < -0.3 is 21.1 Å². The molecule has 8 heteroatoms. The highest BCUT2D eigenvalue weighted by molar-refractivity contribution is 7.99. The summed E-state index contributed by atoms with van der Waals surface area (Å²) < 4.78 is 0. The highest BCUT2D eigenvalue weighted by Crippen LogP contribution is 2.29. The van der Waals surface area contributed by atoms with Gasteiger partial charge in [0.05, 0.1) is 5.75 Å². The molecule has 0 radical (unpaired) electrons. The van der Waals surface area contributed by atoms with Gasteiger partial charge in [0.1, 0.15) is 5.54 Å². The summed E-state index contributed by atoms with van der Waals surface area (Å²) in [5.41, 5.74) is 0.112. The van der Waals surface area contributed by atoms with E-state index in [9.17, 15) is 14.4 Å². The van der Waals surface area contributed by atoms with E-state index in [1.807, 2.05) is 30.3 Å². The lowest BCUT2D eigenvalue weighted by Crippen LogP contribution is -2.59. The molecule has 4 N–H and O–H groups in total. The largest absolute Gasteiger partial charge is 0.481 e. The van der Waals surface area contributed by atoms with Gasteiger partial charge in [0.25, 0.3) is 0 Å². The number of hydrogen-bond donors (Lipinski definition) is 4. The van der Waals surface area contributed by atoms with E-state index in [0.717, 1.165) is 18.4 Å². The predicted octanol–water partition coefficient (Wildman–Crippen LogP) is 1.73. The predicted molar refractivity (Wildman–Crippen MR) is 101 cm³/mol. The number of carboxylic acids is 1. The molecule has 1 saturated carbocycles. The molecule has 1 fully saturated rings. The smallest absolute Gasteiger partial charge is 0.315 e. The molecule has 0 bridgehead atoms. The third-order valence-corrected chi connectivity index (χ3v) is 5.24. The maximum Gasteiger partial charge on any atom is 0.315 e. The van der Waals surface area contributed by atoms with Crippen LogP contribution >= 0.6 is 11.8 Å². The number of benzene rings is 1.